The predicted molar refractivity (Wildman–Crippen MR) is 85.0 cm³/mol. The van der Waals surface area contributed by atoms with Crippen molar-refractivity contribution in [1.29, 1.82) is 0 Å². The Bertz CT molecular complexity index is 502. The zero-order valence-electron chi connectivity index (χ0n) is 12.1. The molecule has 0 aliphatic rings. The number of aryl methyl sites for hydroxylation is 2. The van der Waals surface area contributed by atoms with E-state index < -0.39 is 0 Å². The summed E-state index contributed by atoms with van der Waals surface area (Å²) in [6, 6.07) is 9.50. The highest BCUT2D eigenvalue weighted by Crippen LogP contribution is 2.28. The lowest BCUT2D eigenvalue weighted by Crippen LogP contribution is -2.22. The van der Waals surface area contributed by atoms with Crippen LogP contribution in [-0.4, -0.2) is 6.54 Å². The van der Waals surface area contributed by atoms with E-state index in [2.05, 4.69) is 61.1 Å². The summed E-state index contributed by atoms with van der Waals surface area (Å²) in [6.07, 6.45) is 2.19. The largest absolute Gasteiger partial charge is 0.306 e. The van der Waals surface area contributed by atoms with Gasteiger partial charge >= 0.3 is 0 Å². The number of thiophene rings is 1. The molecule has 2 rings (SSSR count). The Morgan fingerprint density at radius 2 is 1.95 bits per heavy atom. The van der Waals surface area contributed by atoms with E-state index in [1.165, 1.54) is 22.3 Å². The first-order valence-electron chi connectivity index (χ1n) is 7.17. The van der Waals surface area contributed by atoms with Crippen LogP contribution in [0.25, 0.3) is 0 Å². The Balaban J connectivity index is 2.45. The van der Waals surface area contributed by atoms with Crippen LogP contribution in [0.1, 0.15) is 49.1 Å². The smallest absolute Gasteiger partial charge is 0.0587 e. The van der Waals surface area contributed by atoms with Crippen molar-refractivity contribution in [3.63, 3.8) is 0 Å². The summed E-state index contributed by atoms with van der Waals surface area (Å²) in [5.41, 5.74) is 5.71. The maximum absolute atomic E-state index is 3.63. The summed E-state index contributed by atoms with van der Waals surface area (Å²) in [4.78, 5) is 0. The fourth-order valence-corrected chi connectivity index (χ4v) is 3.19. The van der Waals surface area contributed by atoms with E-state index in [9.17, 15) is 0 Å². The second-order valence-electron chi connectivity index (χ2n) is 4.79. The van der Waals surface area contributed by atoms with E-state index in [4.69, 9.17) is 0 Å². The zero-order valence-corrected chi connectivity index (χ0v) is 12.9. The molecule has 1 aromatic heterocycles. The van der Waals surface area contributed by atoms with Gasteiger partial charge in [0.1, 0.15) is 0 Å². The van der Waals surface area contributed by atoms with Crippen LogP contribution in [0, 0.1) is 0 Å². The van der Waals surface area contributed by atoms with Crippen LogP contribution in [0.15, 0.2) is 35.0 Å². The molecule has 1 aromatic carbocycles. The third-order valence-electron chi connectivity index (χ3n) is 3.60. The summed E-state index contributed by atoms with van der Waals surface area (Å²) in [5.74, 6) is 0. The molecular formula is C17H23NS. The summed E-state index contributed by atoms with van der Waals surface area (Å²) >= 11 is 1.77. The first kappa shape index (κ1) is 14.3. The van der Waals surface area contributed by atoms with Gasteiger partial charge in [-0.2, -0.15) is 11.3 Å². The van der Waals surface area contributed by atoms with Gasteiger partial charge in [0, 0.05) is 0 Å². The molecule has 0 saturated carbocycles. The molecule has 0 saturated heterocycles. The van der Waals surface area contributed by atoms with E-state index in [-0.39, 0.29) is 0 Å². The quantitative estimate of drug-likeness (QED) is 0.813. The van der Waals surface area contributed by atoms with Crippen molar-refractivity contribution in [2.24, 2.45) is 0 Å². The van der Waals surface area contributed by atoms with Gasteiger partial charge in [-0.15, -0.1) is 0 Å². The number of hydrogen-bond acceptors (Lipinski definition) is 2. The average Bonchev–Trinajstić information content (AvgIpc) is 2.98. The van der Waals surface area contributed by atoms with Crippen molar-refractivity contribution in [3.8, 4) is 0 Å². The SMILES string of the molecule is CCNC(c1ccsc1)c1cc(CC)ccc1CC. The second-order valence-corrected chi connectivity index (χ2v) is 5.57. The number of hydrogen-bond donors (Lipinski definition) is 1. The van der Waals surface area contributed by atoms with Gasteiger partial charge in [0.2, 0.25) is 0 Å². The maximum atomic E-state index is 3.63. The minimum Gasteiger partial charge on any atom is -0.306 e. The Labute approximate surface area is 120 Å². The first-order valence-corrected chi connectivity index (χ1v) is 8.11. The summed E-state index contributed by atoms with van der Waals surface area (Å²) in [5, 5.41) is 8.05. The summed E-state index contributed by atoms with van der Waals surface area (Å²) in [6.45, 7) is 7.62. The molecular weight excluding hydrogens is 250 g/mol. The lowest BCUT2D eigenvalue weighted by Gasteiger charge is -2.21. The van der Waals surface area contributed by atoms with Crippen molar-refractivity contribution < 1.29 is 0 Å². The molecule has 0 amide bonds. The lowest BCUT2D eigenvalue weighted by atomic mass is 9.92. The van der Waals surface area contributed by atoms with Gasteiger partial charge in [-0.1, -0.05) is 39.0 Å². The maximum Gasteiger partial charge on any atom is 0.0587 e. The number of rotatable bonds is 6. The third kappa shape index (κ3) is 3.26. The van der Waals surface area contributed by atoms with Crippen LogP contribution in [0.5, 0.6) is 0 Å². The topological polar surface area (TPSA) is 12.0 Å². The molecule has 0 fully saturated rings. The average molecular weight is 273 g/mol. The summed E-state index contributed by atoms with van der Waals surface area (Å²) < 4.78 is 0. The van der Waals surface area contributed by atoms with Crippen molar-refractivity contribution in [2.75, 3.05) is 6.54 Å². The Kier molecular flexibility index (Phi) is 5.17. The highest BCUT2D eigenvalue weighted by Gasteiger charge is 2.16. The molecule has 1 N–H and O–H groups in total. The van der Waals surface area contributed by atoms with Gasteiger partial charge in [0.15, 0.2) is 0 Å². The van der Waals surface area contributed by atoms with Crippen LogP contribution in [0.3, 0.4) is 0 Å². The van der Waals surface area contributed by atoms with Crippen LogP contribution >= 0.6 is 11.3 Å². The minimum absolute atomic E-state index is 0.331. The standard InChI is InChI=1S/C17H23NS/c1-4-13-7-8-14(5-2)16(11-13)17(18-6-3)15-9-10-19-12-15/h7-12,17-18H,4-6H2,1-3H3. The molecule has 2 aromatic rings. The minimum atomic E-state index is 0.331. The van der Waals surface area contributed by atoms with E-state index in [1.54, 1.807) is 11.3 Å². The number of benzene rings is 1. The molecule has 19 heavy (non-hydrogen) atoms. The first-order chi connectivity index (χ1) is 9.30. The van der Waals surface area contributed by atoms with Crippen LogP contribution in [0.4, 0.5) is 0 Å². The monoisotopic (exact) mass is 273 g/mol. The molecule has 0 aliphatic carbocycles. The van der Waals surface area contributed by atoms with Crippen molar-refractivity contribution in [1.82, 2.24) is 5.32 Å². The molecule has 2 heteroatoms. The fourth-order valence-electron chi connectivity index (χ4n) is 2.51. The molecule has 0 radical (unpaired) electrons. The van der Waals surface area contributed by atoms with Crippen LogP contribution in [0.2, 0.25) is 0 Å². The third-order valence-corrected chi connectivity index (χ3v) is 4.30. The van der Waals surface area contributed by atoms with Gasteiger partial charge in [-0.05, 0) is 58.5 Å². The number of nitrogens with one attached hydrogen (secondary N) is 1. The zero-order chi connectivity index (χ0) is 13.7. The van der Waals surface area contributed by atoms with Gasteiger partial charge in [-0.3, -0.25) is 0 Å². The highest BCUT2D eigenvalue weighted by atomic mass is 32.1. The molecule has 1 heterocycles. The Morgan fingerprint density at radius 3 is 2.53 bits per heavy atom. The second kappa shape index (κ2) is 6.88. The predicted octanol–water partition coefficient (Wildman–Crippen LogP) is 4.57. The van der Waals surface area contributed by atoms with Gasteiger partial charge in [-0.25, -0.2) is 0 Å². The lowest BCUT2D eigenvalue weighted by molar-refractivity contribution is 0.626. The van der Waals surface area contributed by atoms with Gasteiger partial charge in [0.25, 0.3) is 0 Å². The Morgan fingerprint density at radius 1 is 1.11 bits per heavy atom. The molecule has 1 nitrogen and oxygen atoms in total. The van der Waals surface area contributed by atoms with E-state index in [0.29, 0.717) is 6.04 Å². The van der Waals surface area contributed by atoms with E-state index in [1.807, 2.05) is 0 Å². The van der Waals surface area contributed by atoms with Crippen molar-refractivity contribution >= 4 is 11.3 Å². The van der Waals surface area contributed by atoms with Crippen molar-refractivity contribution in [2.45, 2.75) is 39.7 Å². The molecule has 1 atom stereocenters. The van der Waals surface area contributed by atoms with Gasteiger partial charge in [0.05, 0.1) is 6.04 Å². The Hall–Kier alpha value is -1.12. The van der Waals surface area contributed by atoms with Crippen LogP contribution in [-0.2, 0) is 12.8 Å². The molecule has 0 bridgehead atoms. The highest BCUT2D eigenvalue weighted by molar-refractivity contribution is 7.08. The molecule has 1 unspecified atom stereocenters. The molecule has 0 spiro atoms. The molecule has 0 aliphatic heterocycles. The van der Waals surface area contributed by atoms with Crippen molar-refractivity contribution in [3.05, 3.63) is 57.3 Å². The van der Waals surface area contributed by atoms with Gasteiger partial charge < -0.3 is 5.32 Å². The van der Waals surface area contributed by atoms with E-state index in [0.717, 1.165) is 19.4 Å². The normalized spacial score (nSPS) is 12.6. The fraction of sp³-hybridized carbons (Fsp3) is 0.412. The van der Waals surface area contributed by atoms with E-state index >= 15 is 0 Å². The summed E-state index contributed by atoms with van der Waals surface area (Å²) in [7, 11) is 0. The van der Waals surface area contributed by atoms with Crippen LogP contribution < -0.4 is 5.32 Å². The molecule has 102 valence electrons.